The van der Waals surface area contributed by atoms with E-state index >= 15 is 0 Å². The summed E-state index contributed by atoms with van der Waals surface area (Å²) in [5.41, 5.74) is 1.87. The van der Waals surface area contributed by atoms with Crippen LogP contribution in [0.2, 0.25) is 5.02 Å². The van der Waals surface area contributed by atoms with E-state index in [4.69, 9.17) is 16.6 Å². The van der Waals surface area contributed by atoms with Gasteiger partial charge in [0.1, 0.15) is 18.0 Å². The fourth-order valence-corrected chi connectivity index (χ4v) is 7.13. The molecular weight excluding hydrogens is 641 g/mol. The van der Waals surface area contributed by atoms with Gasteiger partial charge in [-0.3, -0.25) is 9.98 Å². The number of alkyl halides is 2. The highest BCUT2D eigenvalue weighted by Gasteiger charge is 2.42. The normalized spacial score (nSPS) is 19.4. The minimum atomic E-state index is -4.12. The van der Waals surface area contributed by atoms with Crippen LogP contribution in [-0.2, 0) is 10.2 Å². The summed E-state index contributed by atoms with van der Waals surface area (Å²) in [5, 5.41) is 16.8. The Morgan fingerprint density at radius 2 is 2.00 bits per heavy atom. The van der Waals surface area contributed by atoms with Gasteiger partial charge in [-0.1, -0.05) is 23.7 Å². The van der Waals surface area contributed by atoms with Gasteiger partial charge in [-0.05, 0) is 30.3 Å². The molecule has 0 amide bonds. The Balaban J connectivity index is 1.37. The van der Waals surface area contributed by atoms with Crippen LogP contribution in [0.1, 0.15) is 47.1 Å². The van der Waals surface area contributed by atoms with Crippen molar-refractivity contribution in [1.29, 1.82) is 0 Å². The number of nitrogens with one attached hydrogen (secondary N) is 2. The maximum absolute atomic E-state index is 14.0. The standard InChI is InChI=1S/C27H24ClF3N8O3S2/c28-18-11-15(29)4-5-17(18)24-23(20-6-9-39(36-20)27(30)31)21-12-16(14-38(21)25(35-24)26-33-8-10-43-26)37-44(41,42)34-13-22(40)19-3-1-2-7-32-19/h1-11,16,22,24,27,34,37,40H,12-14H2/t16-,22?,24-/m0/s1. The Morgan fingerprint density at radius 3 is 2.68 bits per heavy atom. The van der Waals surface area contributed by atoms with Crippen molar-refractivity contribution in [3.63, 3.8) is 0 Å². The molecule has 0 bridgehead atoms. The van der Waals surface area contributed by atoms with E-state index in [1.165, 1.54) is 35.7 Å². The van der Waals surface area contributed by atoms with E-state index < -0.39 is 40.8 Å². The first-order valence-electron chi connectivity index (χ1n) is 13.2. The number of amidine groups is 1. The maximum atomic E-state index is 14.0. The summed E-state index contributed by atoms with van der Waals surface area (Å²) >= 11 is 7.79. The minimum absolute atomic E-state index is 0.0722. The van der Waals surface area contributed by atoms with Gasteiger partial charge in [0.15, 0.2) is 10.8 Å². The molecule has 2 aliphatic rings. The third-order valence-corrected chi connectivity index (χ3v) is 9.33. The predicted octanol–water partition coefficient (Wildman–Crippen LogP) is 4.07. The van der Waals surface area contributed by atoms with Gasteiger partial charge in [-0.15, -0.1) is 11.3 Å². The number of aliphatic hydroxyl groups is 1. The van der Waals surface area contributed by atoms with Crippen LogP contribution >= 0.6 is 22.9 Å². The lowest BCUT2D eigenvalue weighted by Crippen LogP contribution is -2.45. The summed E-state index contributed by atoms with van der Waals surface area (Å²) in [7, 11) is -4.12. The first-order valence-corrected chi connectivity index (χ1v) is 16.0. The third-order valence-electron chi connectivity index (χ3n) is 7.04. The zero-order valence-electron chi connectivity index (χ0n) is 22.6. The fraction of sp³-hybridized carbons (Fsp3) is 0.259. The molecule has 5 heterocycles. The highest BCUT2D eigenvalue weighted by Crippen LogP contribution is 2.46. The number of aliphatic hydroxyl groups excluding tert-OH is 1. The zero-order chi connectivity index (χ0) is 31.0. The van der Waals surface area contributed by atoms with Crippen LogP contribution in [0.3, 0.4) is 0 Å². The number of rotatable bonds is 10. The average molecular weight is 665 g/mol. The van der Waals surface area contributed by atoms with Gasteiger partial charge >= 0.3 is 6.55 Å². The molecule has 3 aromatic heterocycles. The number of hydrogen-bond donors (Lipinski definition) is 3. The molecule has 1 fully saturated rings. The second kappa shape index (κ2) is 12.4. The van der Waals surface area contributed by atoms with Crippen molar-refractivity contribution in [2.45, 2.75) is 31.2 Å². The maximum Gasteiger partial charge on any atom is 0.333 e. The van der Waals surface area contributed by atoms with E-state index in [1.54, 1.807) is 34.7 Å². The lowest BCUT2D eigenvalue weighted by molar-refractivity contribution is 0.0564. The number of hydrogen-bond acceptors (Lipinski definition) is 9. The third kappa shape index (κ3) is 6.27. The molecule has 0 aliphatic carbocycles. The monoisotopic (exact) mass is 664 g/mol. The molecule has 1 saturated heterocycles. The van der Waals surface area contributed by atoms with E-state index in [9.17, 15) is 26.7 Å². The van der Waals surface area contributed by atoms with Gasteiger partial charge in [0.25, 0.3) is 10.2 Å². The number of halogens is 4. The minimum Gasteiger partial charge on any atom is -0.385 e. The highest BCUT2D eigenvalue weighted by molar-refractivity contribution is 7.87. The number of aromatic nitrogens is 4. The Bertz CT molecular complexity index is 1820. The first-order chi connectivity index (χ1) is 21.1. The Labute approximate surface area is 258 Å². The van der Waals surface area contributed by atoms with E-state index in [-0.39, 0.29) is 30.2 Å². The van der Waals surface area contributed by atoms with Crippen molar-refractivity contribution in [3.8, 4) is 0 Å². The number of pyridine rings is 1. The van der Waals surface area contributed by atoms with Gasteiger partial charge in [0.2, 0.25) is 0 Å². The molecule has 0 spiro atoms. The molecule has 3 N–H and O–H groups in total. The second-order valence-electron chi connectivity index (χ2n) is 9.93. The van der Waals surface area contributed by atoms with Crippen molar-refractivity contribution < 1.29 is 26.7 Å². The number of benzene rings is 1. The fourth-order valence-electron chi connectivity index (χ4n) is 5.16. The van der Waals surface area contributed by atoms with Crippen molar-refractivity contribution in [1.82, 2.24) is 34.1 Å². The molecule has 2 aliphatic heterocycles. The molecule has 1 unspecified atom stereocenters. The summed E-state index contributed by atoms with van der Waals surface area (Å²) in [6, 6.07) is 8.59. The molecule has 44 heavy (non-hydrogen) atoms. The molecule has 1 aromatic carbocycles. The van der Waals surface area contributed by atoms with Gasteiger partial charge in [-0.25, -0.2) is 14.1 Å². The molecule has 3 atom stereocenters. The number of thiazole rings is 1. The smallest absolute Gasteiger partial charge is 0.333 e. The zero-order valence-corrected chi connectivity index (χ0v) is 24.9. The van der Waals surface area contributed by atoms with Crippen LogP contribution in [0.15, 0.2) is 77.1 Å². The van der Waals surface area contributed by atoms with Crippen LogP contribution < -0.4 is 9.44 Å². The lowest BCUT2D eigenvalue weighted by Gasteiger charge is -2.32. The van der Waals surface area contributed by atoms with Crippen molar-refractivity contribution in [3.05, 3.63) is 105 Å². The summed E-state index contributed by atoms with van der Waals surface area (Å²) in [6.07, 6.45) is 3.17. The molecule has 11 nitrogen and oxygen atoms in total. The summed E-state index contributed by atoms with van der Waals surface area (Å²) in [5.74, 6) is -0.148. The van der Waals surface area contributed by atoms with Crippen LogP contribution in [0, 0.1) is 5.82 Å². The SMILES string of the molecule is O=S(=O)(NCC(O)c1ccccn1)N[C@H]1CC2=C(c3ccn(C(F)F)n3)[C@H](c3ccc(F)cc3Cl)N=C(c3nccs3)N2C1. The number of fused-ring (bicyclic) bond motifs is 1. The summed E-state index contributed by atoms with van der Waals surface area (Å²) in [4.78, 5) is 15.1. The Kier molecular flexibility index (Phi) is 8.54. The lowest BCUT2D eigenvalue weighted by atomic mass is 9.92. The van der Waals surface area contributed by atoms with Crippen molar-refractivity contribution >= 4 is 44.6 Å². The molecular formula is C27H24ClF3N8O3S2. The Morgan fingerprint density at radius 1 is 1.16 bits per heavy atom. The largest absolute Gasteiger partial charge is 0.385 e. The molecule has 6 rings (SSSR count). The van der Waals surface area contributed by atoms with Crippen LogP contribution in [0.5, 0.6) is 0 Å². The molecule has 0 radical (unpaired) electrons. The quantitative estimate of drug-likeness (QED) is 0.233. The van der Waals surface area contributed by atoms with E-state index in [2.05, 4.69) is 24.5 Å². The number of aliphatic imine (C=N–C) groups is 1. The van der Waals surface area contributed by atoms with Gasteiger partial charge in [-0.2, -0.15) is 31.7 Å². The van der Waals surface area contributed by atoms with E-state index in [0.29, 0.717) is 38.1 Å². The van der Waals surface area contributed by atoms with E-state index in [0.717, 1.165) is 12.3 Å². The summed E-state index contributed by atoms with van der Waals surface area (Å²) < 4.78 is 72.7. The van der Waals surface area contributed by atoms with Gasteiger partial charge < -0.3 is 10.0 Å². The van der Waals surface area contributed by atoms with Crippen molar-refractivity contribution in [2.75, 3.05) is 13.1 Å². The molecule has 4 aromatic rings. The van der Waals surface area contributed by atoms with Crippen molar-refractivity contribution in [2.24, 2.45) is 4.99 Å². The second-order valence-corrected chi connectivity index (χ2v) is 12.8. The topological polar surface area (TPSA) is 138 Å². The highest BCUT2D eigenvalue weighted by atomic mass is 35.5. The average Bonchev–Trinajstić information content (AvgIpc) is 3.77. The van der Waals surface area contributed by atoms with Crippen LogP contribution in [0.4, 0.5) is 13.2 Å². The van der Waals surface area contributed by atoms with Crippen LogP contribution in [0.25, 0.3) is 5.57 Å². The van der Waals surface area contributed by atoms with Gasteiger partial charge in [0.05, 0.1) is 11.4 Å². The first kappa shape index (κ1) is 30.4. The molecule has 17 heteroatoms. The van der Waals surface area contributed by atoms with Crippen LogP contribution in [-0.4, -0.2) is 63.1 Å². The predicted molar refractivity (Wildman–Crippen MR) is 158 cm³/mol. The number of nitrogens with zero attached hydrogens (tertiary/aromatic N) is 6. The summed E-state index contributed by atoms with van der Waals surface area (Å²) in [6.45, 7) is -3.09. The molecule has 230 valence electrons. The molecule has 0 saturated carbocycles. The Hall–Kier alpha value is -3.67. The van der Waals surface area contributed by atoms with E-state index in [1.807, 2.05) is 0 Å². The van der Waals surface area contributed by atoms with Gasteiger partial charge in [0, 0.05) is 71.4 Å².